The lowest BCUT2D eigenvalue weighted by molar-refractivity contribution is -0.119. The molecule has 0 saturated heterocycles. The van der Waals surface area contributed by atoms with E-state index in [0.717, 1.165) is 23.6 Å². The molecule has 0 aromatic heterocycles. The molecule has 0 fully saturated rings. The van der Waals surface area contributed by atoms with Crippen LogP contribution in [-0.2, 0) is 16.0 Å². The second kappa shape index (κ2) is 8.94. The van der Waals surface area contributed by atoms with Gasteiger partial charge in [-0.15, -0.1) is 0 Å². The highest BCUT2D eigenvalue weighted by Crippen LogP contribution is 2.21. The van der Waals surface area contributed by atoms with Gasteiger partial charge in [-0.1, -0.05) is 31.2 Å². The number of ether oxygens (including phenoxy) is 2. The highest BCUT2D eigenvalue weighted by molar-refractivity contribution is 5.96. The standard InChI is InChI=1S/C19H19F2NO4/c1-3-13-7-4-6-12(2)17(13)22-16(23)11-25-18(24)14-8-5-9-15(10-14)26-19(20)21/h4-10,19H,3,11H2,1-2H3,(H,22,23). The number of halogens is 2. The lowest BCUT2D eigenvalue weighted by Crippen LogP contribution is -2.22. The molecule has 138 valence electrons. The summed E-state index contributed by atoms with van der Waals surface area (Å²) in [6.45, 7) is 0.360. The topological polar surface area (TPSA) is 64.6 Å². The molecular formula is C19H19F2NO4. The minimum atomic E-state index is -2.99. The van der Waals surface area contributed by atoms with Crippen molar-refractivity contribution in [3.05, 3.63) is 59.2 Å². The van der Waals surface area contributed by atoms with Crippen LogP contribution < -0.4 is 10.1 Å². The lowest BCUT2D eigenvalue weighted by atomic mass is 10.1. The number of hydrogen-bond donors (Lipinski definition) is 1. The molecule has 7 heteroatoms. The van der Waals surface area contributed by atoms with Gasteiger partial charge < -0.3 is 14.8 Å². The first-order valence-corrected chi connectivity index (χ1v) is 8.01. The van der Waals surface area contributed by atoms with E-state index in [0.29, 0.717) is 5.69 Å². The lowest BCUT2D eigenvalue weighted by Gasteiger charge is -2.13. The van der Waals surface area contributed by atoms with Crippen LogP contribution in [0.5, 0.6) is 5.75 Å². The Labute approximate surface area is 149 Å². The number of benzene rings is 2. The summed E-state index contributed by atoms with van der Waals surface area (Å²) >= 11 is 0. The van der Waals surface area contributed by atoms with Gasteiger partial charge in [0, 0.05) is 5.69 Å². The number of rotatable bonds is 7. The van der Waals surface area contributed by atoms with Crippen LogP contribution in [0.3, 0.4) is 0 Å². The molecule has 1 amide bonds. The van der Waals surface area contributed by atoms with Crippen molar-refractivity contribution in [1.82, 2.24) is 0 Å². The maximum absolute atomic E-state index is 12.2. The van der Waals surface area contributed by atoms with E-state index < -0.39 is 25.1 Å². The number of aryl methyl sites for hydroxylation is 2. The van der Waals surface area contributed by atoms with E-state index in [1.54, 1.807) is 0 Å². The first-order valence-electron chi connectivity index (χ1n) is 8.01. The van der Waals surface area contributed by atoms with E-state index in [9.17, 15) is 18.4 Å². The molecule has 0 spiro atoms. The van der Waals surface area contributed by atoms with Gasteiger partial charge in [-0.3, -0.25) is 4.79 Å². The van der Waals surface area contributed by atoms with E-state index >= 15 is 0 Å². The van der Waals surface area contributed by atoms with E-state index in [4.69, 9.17) is 4.74 Å². The molecule has 26 heavy (non-hydrogen) atoms. The van der Waals surface area contributed by atoms with Crippen molar-refractivity contribution in [2.45, 2.75) is 26.9 Å². The van der Waals surface area contributed by atoms with Crippen LogP contribution in [0.1, 0.15) is 28.4 Å². The third-order valence-electron chi connectivity index (χ3n) is 3.63. The average Bonchev–Trinajstić information content (AvgIpc) is 2.61. The molecular weight excluding hydrogens is 344 g/mol. The molecule has 0 unspecified atom stereocenters. The Bertz CT molecular complexity index is 793. The summed E-state index contributed by atoms with van der Waals surface area (Å²) in [6.07, 6.45) is 0.744. The molecule has 0 aliphatic rings. The number of para-hydroxylation sites is 1. The van der Waals surface area contributed by atoms with Crippen LogP contribution in [0, 0.1) is 6.92 Å². The summed E-state index contributed by atoms with van der Waals surface area (Å²) < 4.78 is 33.6. The maximum atomic E-state index is 12.2. The third kappa shape index (κ3) is 5.27. The molecule has 5 nitrogen and oxygen atoms in total. The Morgan fingerprint density at radius 1 is 1.15 bits per heavy atom. The smallest absolute Gasteiger partial charge is 0.387 e. The van der Waals surface area contributed by atoms with Crippen molar-refractivity contribution in [2.24, 2.45) is 0 Å². The second-order valence-corrected chi connectivity index (χ2v) is 5.49. The van der Waals surface area contributed by atoms with Gasteiger partial charge in [0.25, 0.3) is 5.91 Å². The first-order chi connectivity index (χ1) is 12.4. The number of carbonyl (C=O) groups excluding carboxylic acids is 2. The highest BCUT2D eigenvalue weighted by atomic mass is 19.3. The average molecular weight is 363 g/mol. The number of hydrogen-bond acceptors (Lipinski definition) is 4. The van der Waals surface area contributed by atoms with Crippen LogP contribution in [0.15, 0.2) is 42.5 Å². The van der Waals surface area contributed by atoms with Crippen LogP contribution in [0.25, 0.3) is 0 Å². The summed E-state index contributed by atoms with van der Waals surface area (Å²) in [5.41, 5.74) is 2.59. The van der Waals surface area contributed by atoms with E-state index in [1.165, 1.54) is 18.2 Å². The number of amides is 1. The van der Waals surface area contributed by atoms with Crippen LogP contribution in [0.2, 0.25) is 0 Å². The second-order valence-electron chi connectivity index (χ2n) is 5.49. The number of alkyl halides is 2. The summed E-state index contributed by atoms with van der Waals surface area (Å²) in [7, 11) is 0. The molecule has 1 N–H and O–H groups in total. The molecule has 0 atom stereocenters. The number of nitrogens with one attached hydrogen (secondary N) is 1. The first kappa shape index (κ1) is 19.4. The highest BCUT2D eigenvalue weighted by Gasteiger charge is 2.14. The van der Waals surface area contributed by atoms with Gasteiger partial charge in [0.05, 0.1) is 5.56 Å². The zero-order chi connectivity index (χ0) is 19.1. The normalized spacial score (nSPS) is 10.5. The van der Waals surface area contributed by atoms with Gasteiger partial charge in [0.2, 0.25) is 0 Å². The van der Waals surface area contributed by atoms with Gasteiger partial charge in [-0.05, 0) is 42.7 Å². The van der Waals surface area contributed by atoms with Crippen LogP contribution >= 0.6 is 0 Å². The molecule has 0 radical (unpaired) electrons. The summed E-state index contributed by atoms with van der Waals surface area (Å²) in [5, 5.41) is 2.73. The third-order valence-corrected chi connectivity index (χ3v) is 3.63. The van der Waals surface area contributed by atoms with E-state index in [2.05, 4.69) is 10.1 Å². The summed E-state index contributed by atoms with van der Waals surface area (Å²) in [5.74, 6) is -1.45. The Balaban J connectivity index is 1.96. The largest absolute Gasteiger partial charge is 0.452 e. The summed E-state index contributed by atoms with van der Waals surface area (Å²) in [4.78, 5) is 24.1. The van der Waals surface area contributed by atoms with Crippen LogP contribution in [0.4, 0.5) is 14.5 Å². The minimum Gasteiger partial charge on any atom is -0.452 e. The van der Waals surface area contributed by atoms with Gasteiger partial charge in [0.15, 0.2) is 6.61 Å². The quantitative estimate of drug-likeness (QED) is 0.757. The van der Waals surface area contributed by atoms with E-state index in [-0.39, 0.29) is 11.3 Å². The van der Waals surface area contributed by atoms with Crippen molar-refractivity contribution in [1.29, 1.82) is 0 Å². The van der Waals surface area contributed by atoms with Gasteiger partial charge in [-0.2, -0.15) is 8.78 Å². The van der Waals surface area contributed by atoms with Crippen molar-refractivity contribution < 1.29 is 27.8 Å². The number of carbonyl (C=O) groups is 2. The Hall–Kier alpha value is -2.96. The van der Waals surface area contributed by atoms with Crippen molar-refractivity contribution in [3.63, 3.8) is 0 Å². The van der Waals surface area contributed by atoms with Gasteiger partial charge in [-0.25, -0.2) is 4.79 Å². The molecule has 2 aromatic rings. The zero-order valence-corrected chi connectivity index (χ0v) is 14.4. The fourth-order valence-electron chi connectivity index (χ4n) is 2.39. The zero-order valence-electron chi connectivity index (χ0n) is 14.4. The van der Waals surface area contributed by atoms with E-state index in [1.807, 2.05) is 32.0 Å². The fourth-order valence-corrected chi connectivity index (χ4v) is 2.39. The Morgan fingerprint density at radius 3 is 2.58 bits per heavy atom. The Morgan fingerprint density at radius 2 is 1.88 bits per heavy atom. The van der Waals surface area contributed by atoms with Crippen molar-refractivity contribution in [3.8, 4) is 5.75 Å². The molecule has 0 aliphatic heterocycles. The molecule has 0 heterocycles. The molecule has 2 rings (SSSR count). The fraction of sp³-hybridized carbons (Fsp3) is 0.263. The number of anilines is 1. The minimum absolute atomic E-state index is 0.0149. The van der Waals surface area contributed by atoms with Crippen molar-refractivity contribution >= 4 is 17.6 Å². The monoisotopic (exact) mass is 363 g/mol. The van der Waals surface area contributed by atoms with Gasteiger partial charge in [0.1, 0.15) is 5.75 Å². The van der Waals surface area contributed by atoms with Crippen molar-refractivity contribution in [2.75, 3.05) is 11.9 Å². The maximum Gasteiger partial charge on any atom is 0.387 e. The molecule has 2 aromatic carbocycles. The Kier molecular flexibility index (Phi) is 6.66. The predicted octanol–water partition coefficient (Wildman–Crippen LogP) is 3.95. The predicted molar refractivity (Wildman–Crippen MR) is 92.5 cm³/mol. The van der Waals surface area contributed by atoms with Gasteiger partial charge >= 0.3 is 12.6 Å². The molecule has 0 saturated carbocycles. The number of esters is 1. The van der Waals surface area contributed by atoms with Crippen LogP contribution in [-0.4, -0.2) is 25.1 Å². The molecule has 0 aliphatic carbocycles. The SMILES string of the molecule is CCc1cccc(C)c1NC(=O)COC(=O)c1cccc(OC(F)F)c1. The molecule has 0 bridgehead atoms. The summed E-state index contributed by atoms with van der Waals surface area (Å²) in [6, 6.07) is 10.9.